The molecule has 3 N–H and O–H groups in total. The molecule has 1 heterocycles. The van der Waals surface area contributed by atoms with Gasteiger partial charge in [-0.15, -0.1) is 0 Å². The Kier molecular flexibility index (Phi) is 12.8. The summed E-state index contributed by atoms with van der Waals surface area (Å²) in [5, 5.41) is 9.88. The molecule has 1 saturated heterocycles. The molecule has 0 aromatic carbocycles. The number of ether oxygens (including phenoxy) is 2. The van der Waals surface area contributed by atoms with Gasteiger partial charge in [0.25, 0.3) is 0 Å². The van der Waals surface area contributed by atoms with Gasteiger partial charge in [0, 0.05) is 45.9 Å². The van der Waals surface area contributed by atoms with Crippen LogP contribution in [0.15, 0.2) is 4.99 Å². The number of amides is 1. The van der Waals surface area contributed by atoms with Crippen molar-refractivity contribution in [3.63, 3.8) is 0 Å². The minimum Gasteiger partial charge on any atom is -0.444 e. The molecule has 1 fully saturated rings. The molecular formula is C22H45N5O3. The fourth-order valence-electron chi connectivity index (χ4n) is 3.48. The van der Waals surface area contributed by atoms with Gasteiger partial charge in [-0.3, -0.25) is 4.99 Å². The van der Waals surface area contributed by atoms with E-state index in [1.807, 2.05) is 20.8 Å². The normalized spacial score (nSPS) is 17.5. The van der Waals surface area contributed by atoms with E-state index >= 15 is 0 Å². The lowest BCUT2D eigenvalue weighted by Gasteiger charge is -2.33. The molecule has 0 bridgehead atoms. The second-order valence-corrected chi connectivity index (χ2v) is 8.96. The second-order valence-electron chi connectivity index (χ2n) is 8.96. The lowest BCUT2D eigenvalue weighted by Crippen LogP contribution is -2.49. The predicted molar refractivity (Wildman–Crippen MR) is 123 cm³/mol. The van der Waals surface area contributed by atoms with Gasteiger partial charge in [0.15, 0.2) is 5.96 Å². The summed E-state index contributed by atoms with van der Waals surface area (Å²) >= 11 is 0. The Labute approximate surface area is 183 Å². The van der Waals surface area contributed by atoms with E-state index in [-0.39, 0.29) is 12.1 Å². The molecule has 0 aliphatic carbocycles. The van der Waals surface area contributed by atoms with Gasteiger partial charge in [-0.1, -0.05) is 13.3 Å². The molecule has 8 heteroatoms. The van der Waals surface area contributed by atoms with E-state index < -0.39 is 5.60 Å². The number of hydrogen-bond donors (Lipinski definition) is 3. The third-order valence-electron chi connectivity index (χ3n) is 4.92. The van der Waals surface area contributed by atoms with Crippen LogP contribution in [0, 0.1) is 0 Å². The van der Waals surface area contributed by atoms with Crippen molar-refractivity contribution in [2.75, 3.05) is 46.4 Å². The van der Waals surface area contributed by atoms with Gasteiger partial charge < -0.3 is 30.3 Å². The number of nitrogens with zero attached hydrogens (tertiary/aromatic N) is 2. The number of aliphatic imine (C=N–C) groups is 1. The van der Waals surface area contributed by atoms with Gasteiger partial charge >= 0.3 is 6.09 Å². The zero-order valence-electron chi connectivity index (χ0n) is 20.1. The molecule has 176 valence electrons. The Morgan fingerprint density at radius 3 is 2.50 bits per heavy atom. The fraction of sp³-hybridized carbons (Fsp3) is 0.909. The molecule has 0 saturated carbocycles. The molecule has 30 heavy (non-hydrogen) atoms. The summed E-state index contributed by atoms with van der Waals surface area (Å²) in [6.45, 7) is 15.2. The minimum absolute atomic E-state index is 0.0389. The number of nitrogens with one attached hydrogen (secondary N) is 3. The fourth-order valence-corrected chi connectivity index (χ4v) is 3.48. The minimum atomic E-state index is -0.501. The van der Waals surface area contributed by atoms with Crippen molar-refractivity contribution in [1.29, 1.82) is 0 Å². The Balaban J connectivity index is 2.53. The van der Waals surface area contributed by atoms with Crippen LogP contribution >= 0.6 is 0 Å². The van der Waals surface area contributed by atoms with Crippen LogP contribution in [0.25, 0.3) is 0 Å². The maximum atomic E-state index is 12.1. The first kappa shape index (κ1) is 26.5. The Morgan fingerprint density at radius 2 is 1.93 bits per heavy atom. The third-order valence-corrected chi connectivity index (χ3v) is 4.92. The quantitative estimate of drug-likeness (QED) is 0.267. The van der Waals surface area contributed by atoms with Gasteiger partial charge in [0.05, 0.1) is 12.6 Å². The molecule has 8 nitrogen and oxygen atoms in total. The van der Waals surface area contributed by atoms with Crippen molar-refractivity contribution in [3.05, 3.63) is 0 Å². The van der Waals surface area contributed by atoms with E-state index in [2.05, 4.69) is 34.7 Å². The summed E-state index contributed by atoms with van der Waals surface area (Å²) in [7, 11) is 1.76. The zero-order chi connectivity index (χ0) is 22.4. The van der Waals surface area contributed by atoms with Crippen LogP contribution in [0.5, 0.6) is 0 Å². The topological polar surface area (TPSA) is 87.2 Å². The Hall–Kier alpha value is -1.54. The number of hydrogen-bond acceptors (Lipinski definition) is 5. The highest BCUT2D eigenvalue weighted by Crippen LogP contribution is 2.11. The van der Waals surface area contributed by atoms with E-state index in [0.717, 1.165) is 70.8 Å². The van der Waals surface area contributed by atoms with Crippen LogP contribution in [0.3, 0.4) is 0 Å². The molecule has 1 amide bonds. The van der Waals surface area contributed by atoms with E-state index in [1.165, 1.54) is 0 Å². The third kappa shape index (κ3) is 12.2. The summed E-state index contributed by atoms with van der Waals surface area (Å²) in [6, 6.07) is 0.382. The maximum Gasteiger partial charge on any atom is 0.407 e. The van der Waals surface area contributed by atoms with E-state index in [9.17, 15) is 4.79 Å². The summed E-state index contributed by atoms with van der Waals surface area (Å²) in [6.07, 6.45) is 4.75. The van der Waals surface area contributed by atoms with E-state index in [0.29, 0.717) is 12.6 Å². The van der Waals surface area contributed by atoms with Crippen LogP contribution in [0.4, 0.5) is 4.79 Å². The second kappa shape index (κ2) is 14.5. The van der Waals surface area contributed by atoms with Crippen LogP contribution < -0.4 is 16.0 Å². The Bertz CT molecular complexity index is 499. The molecule has 0 radical (unpaired) electrons. The SMILES string of the molecule is CCCC(CN=C(NCC)NC1CCN(CCCOC)CC1)NC(=O)OC(C)(C)C. The zero-order valence-corrected chi connectivity index (χ0v) is 20.1. The molecule has 0 spiro atoms. The average Bonchev–Trinajstić information content (AvgIpc) is 2.66. The number of methoxy groups -OCH3 is 1. The summed E-state index contributed by atoms with van der Waals surface area (Å²) in [5.41, 5.74) is -0.501. The number of guanidine groups is 1. The van der Waals surface area contributed by atoms with Gasteiger partial charge in [-0.05, 0) is 53.4 Å². The summed E-state index contributed by atoms with van der Waals surface area (Å²) in [5.74, 6) is 0.822. The summed E-state index contributed by atoms with van der Waals surface area (Å²) < 4.78 is 10.5. The van der Waals surface area contributed by atoms with E-state index in [1.54, 1.807) is 7.11 Å². The summed E-state index contributed by atoms with van der Waals surface area (Å²) in [4.78, 5) is 19.4. The van der Waals surface area contributed by atoms with Crippen LogP contribution in [0.1, 0.15) is 66.7 Å². The molecule has 1 aliphatic rings. The molecule has 1 rings (SSSR count). The smallest absolute Gasteiger partial charge is 0.407 e. The number of alkyl carbamates (subject to hydrolysis) is 1. The van der Waals surface area contributed by atoms with Crippen molar-refractivity contribution in [3.8, 4) is 0 Å². The van der Waals surface area contributed by atoms with E-state index in [4.69, 9.17) is 14.5 Å². The van der Waals surface area contributed by atoms with Crippen LogP contribution in [-0.4, -0.2) is 81.1 Å². The van der Waals surface area contributed by atoms with Crippen molar-refractivity contribution in [2.24, 2.45) is 4.99 Å². The van der Waals surface area contributed by atoms with Crippen LogP contribution in [0.2, 0.25) is 0 Å². The molecule has 1 unspecified atom stereocenters. The largest absolute Gasteiger partial charge is 0.444 e. The first-order valence-corrected chi connectivity index (χ1v) is 11.5. The van der Waals surface area contributed by atoms with Crippen molar-refractivity contribution >= 4 is 12.1 Å². The predicted octanol–water partition coefficient (Wildman–Crippen LogP) is 2.74. The van der Waals surface area contributed by atoms with Crippen molar-refractivity contribution in [2.45, 2.75) is 84.4 Å². The number of carbonyl (C=O) groups is 1. The van der Waals surface area contributed by atoms with Gasteiger partial charge in [0.1, 0.15) is 5.60 Å². The highest BCUT2D eigenvalue weighted by atomic mass is 16.6. The molecular weight excluding hydrogens is 382 g/mol. The van der Waals surface area contributed by atoms with Crippen LogP contribution in [-0.2, 0) is 9.47 Å². The maximum absolute atomic E-state index is 12.1. The number of likely N-dealkylation sites (tertiary alicyclic amines) is 1. The molecule has 1 aliphatic heterocycles. The monoisotopic (exact) mass is 427 g/mol. The average molecular weight is 428 g/mol. The number of piperidine rings is 1. The molecule has 1 atom stereocenters. The molecule has 0 aromatic heterocycles. The molecule has 0 aromatic rings. The van der Waals surface area contributed by atoms with Crippen molar-refractivity contribution in [1.82, 2.24) is 20.9 Å². The lowest BCUT2D eigenvalue weighted by atomic mass is 10.1. The Morgan fingerprint density at radius 1 is 1.23 bits per heavy atom. The van der Waals surface area contributed by atoms with Crippen molar-refractivity contribution < 1.29 is 14.3 Å². The lowest BCUT2D eigenvalue weighted by molar-refractivity contribution is 0.0503. The number of rotatable bonds is 11. The highest BCUT2D eigenvalue weighted by molar-refractivity contribution is 5.80. The van der Waals surface area contributed by atoms with Gasteiger partial charge in [-0.2, -0.15) is 0 Å². The first-order valence-electron chi connectivity index (χ1n) is 11.5. The first-order chi connectivity index (χ1) is 14.3. The van der Waals surface area contributed by atoms with Gasteiger partial charge in [0.2, 0.25) is 0 Å². The van der Waals surface area contributed by atoms with Gasteiger partial charge in [-0.25, -0.2) is 4.79 Å². The highest BCUT2D eigenvalue weighted by Gasteiger charge is 2.21. The number of carbonyl (C=O) groups excluding carboxylic acids is 1. The standard InChI is InChI=1S/C22H45N5O3/c1-7-10-19(26-21(28)30-22(3,4)5)17-24-20(23-8-2)25-18-11-14-27(15-12-18)13-9-16-29-6/h18-19H,7-17H2,1-6H3,(H,26,28)(H2,23,24,25).